The number of nitrogens with one attached hydrogen (secondary N) is 2. The number of rotatable bonds is 10. The fraction of sp³-hybridized carbons (Fsp3) is 0.786. The first-order chi connectivity index (χ1) is 10.3. The van der Waals surface area contributed by atoms with Crippen molar-refractivity contribution in [2.24, 2.45) is 11.7 Å². The van der Waals surface area contributed by atoms with E-state index in [2.05, 4.69) is 15.4 Å². The van der Waals surface area contributed by atoms with E-state index in [0.29, 0.717) is 12.8 Å². The molecule has 9 heteroatoms. The Labute approximate surface area is 148 Å². The second-order valence-electron chi connectivity index (χ2n) is 5.37. The molecule has 0 aromatic carbocycles. The molecule has 0 heterocycles. The Kier molecular flexibility index (Phi) is 14.2. The molecule has 2 amide bonds. The van der Waals surface area contributed by atoms with E-state index in [9.17, 15) is 14.4 Å². The maximum Gasteiger partial charge on any atom is 0.325 e. The number of nitrogens with two attached hydrogens (primary N) is 1. The van der Waals surface area contributed by atoms with Crippen molar-refractivity contribution in [1.82, 2.24) is 10.6 Å². The number of carbonyl (C=O) groups excluding carboxylic acids is 3. The Morgan fingerprint density at radius 2 is 1.83 bits per heavy atom. The topological polar surface area (TPSA) is 111 Å². The fourth-order valence-corrected chi connectivity index (χ4v) is 2.20. The average Bonchev–Trinajstić information content (AvgIpc) is 2.48. The molecule has 23 heavy (non-hydrogen) atoms. The van der Waals surface area contributed by atoms with Crippen LogP contribution < -0.4 is 16.4 Å². The van der Waals surface area contributed by atoms with E-state index < -0.39 is 24.0 Å². The Hall–Kier alpha value is -0.990. The van der Waals surface area contributed by atoms with Gasteiger partial charge in [-0.1, -0.05) is 13.8 Å². The number of thioether (sulfide) groups is 1. The third kappa shape index (κ3) is 11.2. The highest BCUT2D eigenvalue weighted by atomic mass is 35.5. The maximum atomic E-state index is 12.1. The van der Waals surface area contributed by atoms with Gasteiger partial charge >= 0.3 is 5.97 Å². The number of hydrogen-bond acceptors (Lipinski definition) is 6. The van der Waals surface area contributed by atoms with E-state index in [1.807, 2.05) is 20.1 Å². The Morgan fingerprint density at radius 1 is 1.22 bits per heavy atom. The molecule has 7 nitrogen and oxygen atoms in total. The standard InChI is InChI=1S/C14H27N3O4S.ClH/c1-9(2)7-11(14(20)16-8-12(18)21-3)17-13(19)10(15)5-6-22-4;/h9-11H,5-8,15H2,1-4H3,(H,16,20)(H,17,19);1H. The average molecular weight is 370 g/mol. The quantitative estimate of drug-likeness (QED) is 0.478. The van der Waals surface area contributed by atoms with Gasteiger partial charge in [0.25, 0.3) is 0 Å². The molecular weight excluding hydrogens is 342 g/mol. The predicted octanol–water partition coefficient (Wildman–Crippen LogP) is 0.309. The summed E-state index contributed by atoms with van der Waals surface area (Å²) >= 11 is 1.61. The van der Waals surface area contributed by atoms with Crippen LogP contribution in [0.1, 0.15) is 26.7 Å². The van der Waals surface area contributed by atoms with Gasteiger partial charge in [0.05, 0.1) is 13.2 Å². The zero-order chi connectivity index (χ0) is 17.1. The van der Waals surface area contributed by atoms with Gasteiger partial charge in [-0.3, -0.25) is 14.4 Å². The summed E-state index contributed by atoms with van der Waals surface area (Å²) in [5.41, 5.74) is 5.80. The number of halogens is 1. The van der Waals surface area contributed by atoms with Crippen molar-refractivity contribution in [3.63, 3.8) is 0 Å². The van der Waals surface area contributed by atoms with Crippen molar-refractivity contribution in [2.45, 2.75) is 38.8 Å². The summed E-state index contributed by atoms with van der Waals surface area (Å²) < 4.78 is 4.46. The molecule has 2 unspecified atom stereocenters. The molecule has 136 valence electrons. The zero-order valence-electron chi connectivity index (χ0n) is 14.1. The molecule has 4 N–H and O–H groups in total. The molecule has 0 bridgehead atoms. The smallest absolute Gasteiger partial charge is 0.325 e. The third-order valence-electron chi connectivity index (χ3n) is 2.94. The van der Waals surface area contributed by atoms with Crippen LogP contribution in [0.4, 0.5) is 0 Å². The van der Waals surface area contributed by atoms with Gasteiger partial charge in [-0.15, -0.1) is 12.4 Å². The van der Waals surface area contributed by atoms with Gasteiger partial charge in [-0.2, -0.15) is 11.8 Å². The minimum atomic E-state index is -0.711. The highest BCUT2D eigenvalue weighted by Crippen LogP contribution is 2.06. The lowest BCUT2D eigenvalue weighted by molar-refractivity contribution is -0.141. The van der Waals surface area contributed by atoms with E-state index in [1.54, 1.807) is 11.8 Å². The molecule has 0 aromatic rings. The molecule has 0 aliphatic rings. The first kappa shape index (κ1) is 24.3. The first-order valence-electron chi connectivity index (χ1n) is 7.21. The minimum Gasteiger partial charge on any atom is -0.468 e. The molecule has 0 spiro atoms. The van der Waals surface area contributed by atoms with Gasteiger partial charge < -0.3 is 21.1 Å². The number of methoxy groups -OCH3 is 1. The number of amides is 2. The monoisotopic (exact) mass is 369 g/mol. The highest BCUT2D eigenvalue weighted by Gasteiger charge is 2.24. The summed E-state index contributed by atoms with van der Waals surface area (Å²) in [6.45, 7) is 3.67. The molecule has 0 radical (unpaired) electrons. The van der Waals surface area contributed by atoms with E-state index in [0.717, 1.165) is 5.75 Å². The lowest BCUT2D eigenvalue weighted by Crippen LogP contribution is -2.52. The lowest BCUT2D eigenvalue weighted by atomic mass is 10.0. The van der Waals surface area contributed by atoms with Crippen LogP contribution in [0.3, 0.4) is 0 Å². The molecule has 0 aromatic heterocycles. The molecule has 0 rings (SSSR count). The van der Waals surface area contributed by atoms with Crippen LogP contribution in [0.15, 0.2) is 0 Å². The van der Waals surface area contributed by atoms with Crippen LogP contribution in [0.2, 0.25) is 0 Å². The van der Waals surface area contributed by atoms with Gasteiger partial charge in [-0.25, -0.2) is 0 Å². The van der Waals surface area contributed by atoms with Gasteiger partial charge in [0, 0.05) is 0 Å². The predicted molar refractivity (Wildman–Crippen MR) is 94.6 cm³/mol. The van der Waals surface area contributed by atoms with Crippen molar-refractivity contribution in [2.75, 3.05) is 25.7 Å². The van der Waals surface area contributed by atoms with E-state index in [-0.39, 0.29) is 30.8 Å². The number of esters is 1. The summed E-state index contributed by atoms with van der Waals surface area (Å²) in [7, 11) is 1.24. The van der Waals surface area contributed by atoms with Crippen molar-refractivity contribution in [3.05, 3.63) is 0 Å². The first-order valence-corrected chi connectivity index (χ1v) is 8.60. The summed E-state index contributed by atoms with van der Waals surface area (Å²) in [6.07, 6.45) is 2.95. The number of hydrogen-bond donors (Lipinski definition) is 3. The summed E-state index contributed by atoms with van der Waals surface area (Å²) in [6, 6.07) is -1.35. The molecular formula is C14H28ClN3O4S. The SMILES string of the molecule is COC(=O)CNC(=O)C(CC(C)C)NC(=O)C(N)CCSC.Cl. The summed E-state index contributed by atoms with van der Waals surface area (Å²) in [4.78, 5) is 35.2. The Morgan fingerprint density at radius 3 is 2.30 bits per heavy atom. The Balaban J connectivity index is 0. The second kappa shape index (κ2) is 13.4. The number of ether oxygens (including phenoxy) is 1. The third-order valence-corrected chi connectivity index (χ3v) is 3.59. The molecule has 0 saturated heterocycles. The van der Waals surface area contributed by atoms with Crippen LogP contribution in [-0.4, -0.2) is 55.5 Å². The minimum absolute atomic E-state index is 0. The van der Waals surface area contributed by atoms with Crippen LogP contribution in [-0.2, 0) is 19.1 Å². The van der Waals surface area contributed by atoms with E-state index >= 15 is 0 Å². The molecule has 0 fully saturated rings. The van der Waals surface area contributed by atoms with E-state index in [4.69, 9.17) is 5.73 Å². The molecule has 2 atom stereocenters. The molecule has 0 aliphatic heterocycles. The lowest BCUT2D eigenvalue weighted by Gasteiger charge is -2.21. The maximum absolute atomic E-state index is 12.1. The number of carbonyl (C=O) groups is 3. The zero-order valence-corrected chi connectivity index (χ0v) is 15.7. The van der Waals surface area contributed by atoms with Crippen LogP contribution in [0, 0.1) is 5.92 Å². The van der Waals surface area contributed by atoms with Crippen molar-refractivity contribution < 1.29 is 19.1 Å². The van der Waals surface area contributed by atoms with Crippen molar-refractivity contribution >= 4 is 42.0 Å². The van der Waals surface area contributed by atoms with Crippen LogP contribution in [0.5, 0.6) is 0 Å². The van der Waals surface area contributed by atoms with Crippen molar-refractivity contribution in [3.8, 4) is 0 Å². The van der Waals surface area contributed by atoms with Gasteiger partial charge in [0.1, 0.15) is 12.6 Å². The molecule has 0 saturated carbocycles. The van der Waals surface area contributed by atoms with Crippen LogP contribution >= 0.6 is 24.2 Å². The van der Waals surface area contributed by atoms with E-state index in [1.165, 1.54) is 7.11 Å². The summed E-state index contributed by atoms with van der Waals surface area (Å²) in [5, 5.41) is 5.11. The largest absolute Gasteiger partial charge is 0.468 e. The van der Waals surface area contributed by atoms with Crippen molar-refractivity contribution in [1.29, 1.82) is 0 Å². The van der Waals surface area contributed by atoms with Crippen LogP contribution in [0.25, 0.3) is 0 Å². The fourth-order valence-electron chi connectivity index (χ4n) is 1.71. The molecule has 0 aliphatic carbocycles. The van der Waals surface area contributed by atoms with Gasteiger partial charge in [0.2, 0.25) is 11.8 Å². The summed E-state index contributed by atoms with van der Waals surface area (Å²) in [5.74, 6) is -0.327. The second-order valence-corrected chi connectivity index (χ2v) is 6.36. The van der Waals surface area contributed by atoms with Gasteiger partial charge in [-0.05, 0) is 30.8 Å². The normalized spacial score (nSPS) is 12.8. The Bertz CT molecular complexity index is 383. The van der Waals surface area contributed by atoms with Gasteiger partial charge in [0.15, 0.2) is 0 Å². The highest BCUT2D eigenvalue weighted by molar-refractivity contribution is 7.98.